The molecule has 5 nitrogen and oxygen atoms in total. The Bertz CT molecular complexity index is 602. The molecule has 1 aliphatic carbocycles. The van der Waals surface area contributed by atoms with Gasteiger partial charge in [-0.05, 0) is 58.1 Å². The summed E-state index contributed by atoms with van der Waals surface area (Å²) in [7, 11) is 0. The fourth-order valence-electron chi connectivity index (χ4n) is 2.95. The zero-order chi connectivity index (χ0) is 17.2. The molecule has 0 bridgehead atoms. The Balaban J connectivity index is 1.46. The first-order valence-corrected chi connectivity index (χ1v) is 8.60. The smallest absolute Gasteiger partial charge is 0.319 e. The molecule has 1 heterocycles. The molecule has 24 heavy (non-hydrogen) atoms. The average molecular weight is 336 g/mol. The maximum Gasteiger partial charge on any atom is 0.319 e. The van der Waals surface area contributed by atoms with E-state index in [0.717, 1.165) is 32.1 Å². The van der Waals surface area contributed by atoms with E-state index in [1.54, 1.807) is 12.1 Å². The third kappa shape index (κ3) is 4.38. The highest BCUT2D eigenvalue weighted by Crippen LogP contribution is 2.29. The number of nitrogens with one attached hydrogen (secondary N) is 2. The number of anilines is 1. The van der Waals surface area contributed by atoms with Crippen LogP contribution in [0.15, 0.2) is 18.2 Å². The molecule has 2 N–H and O–H groups in total. The van der Waals surface area contributed by atoms with Crippen molar-refractivity contribution in [1.82, 2.24) is 5.32 Å². The van der Waals surface area contributed by atoms with E-state index in [4.69, 9.17) is 9.47 Å². The molecule has 0 spiro atoms. The van der Waals surface area contributed by atoms with Gasteiger partial charge in [-0.25, -0.2) is 9.18 Å². The highest BCUT2D eigenvalue weighted by molar-refractivity contribution is 5.89. The van der Waals surface area contributed by atoms with E-state index in [1.807, 2.05) is 13.8 Å². The number of benzene rings is 1. The van der Waals surface area contributed by atoms with Gasteiger partial charge in [0, 0.05) is 18.3 Å². The molecular weight excluding hydrogens is 311 g/mol. The van der Waals surface area contributed by atoms with Crippen molar-refractivity contribution < 1.29 is 18.7 Å². The molecule has 1 unspecified atom stereocenters. The molecule has 2 aliphatic rings. The molecule has 0 aromatic heterocycles. The van der Waals surface area contributed by atoms with Gasteiger partial charge in [0.15, 0.2) is 11.6 Å². The Morgan fingerprint density at radius 1 is 1.38 bits per heavy atom. The standard InChI is InChI=1S/C18H25FN2O3/c1-18(2)9-8-14(24-18)11-20-17(22)21-12-6-7-16(15(19)10-12)23-13-4-3-5-13/h6-7,10,13-14H,3-5,8-9,11H2,1-2H3,(H2,20,21,22). The summed E-state index contributed by atoms with van der Waals surface area (Å²) in [5.41, 5.74) is 0.279. The molecule has 6 heteroatoms. The number of carbonyl (C=O) groups excluding carboxylic acids is 1. The lowest BCUT2D eigenvalue weighted by molar-refractivity contribution is -0.0130. The van der Waals surface area contributed by atoms with Crippen LogP contribution in [0.25, 0.3) is 0 Å². The summed E-state index contributed by atoms with van der Waals surface area (Å²) in [6.45, 7) is 4.53. The van der Waals surface area contributed by atoms with Gasteiger partial charge in [-0.15, -0.1) is 0 Å². The summed E-state index contributed by atoms with van der Waals surface area (Å²) >= 11 is 0. The average Bonchev–Trinajstić information content (AvgIpc) is 2.82. The minimum atomic E-state index is -0.458. The van der Waals surface area contributed by atoms with Gasteiger partial charge in [-0.3, -0.25) is 0 Å². The van der Waals surface area contributed by atoms with Crippen molar-refractivity contribution in [3.05, 3.63) is 24.0 Å². The molecule has 1 saturated heterocycles. The fourth-order valence-corrected chi connectivity index (χ4v) is 2.95. The van der Waals surface area contributed by atoms with Crippen molar-refractivity contribution in [2.45, 2.75) is 63.8 Å². The van der Waals surface area contributed by atoms with Crippen LogP contribution < -0.4 is 15.4 Å². The lowest BCUT2D eigenvalue weighted by atomic mass is 9.96. The predicted octanol–water partition coefficient (Wildman–Crippen LogP) is 3.84. The van der Waals surface area contributed by atoms with Gasteiger partial charge in [0.25, 0.3) is 0 Å². The maximum absolute atomic E-state index is 14.0. The van der Waals surface area contributed by atoms with Crippen LogP contribution in [-0.2, 0) is 4.74 Å². The molecule has 1 aromatic rings. The van der Waals surface area contributed by atoms with Crippen molar-refractivity contribution in [2.75, 3.05) is 11.9 Å². The summed E-state index contributed by atoms with van der Waals surface area (Å²) in [5, 5.41) is 5.40. The Hall–Kier alpha value is -1.82. The number of amides is 2. The van der Waals surface area contributed by atoms with Gasteiger partial charge < -0.3 is 20.1 Å². The van der Waals surface area contributed by atoms with Crippen LogP contribution in [0.3, 0.4) is 0 Å². The van der Waals surface area contributed by atoms with Crippen LogP contribution >= 0.6 is 0 Å². The van der Waals surface area contributed by atoms with Crippen molar-refractivity contribution in [3.63, 3.8) is 0 Å². The van der Waals surface area contributed by atoms with E-state index >= 15 is 0 Å². The SMILES string of the molecule is CC1(C)CCC(CNC(=O)Nc2ccc(OC3CCC3)c(F)c2)O1. The van der Waals surface area contributed by atoms with Gasteiger partial charge in [-0.1, -0.05) is 0 Å². The van der Waals surface area contributed by atoms with Crippen LogP contribution in [0.4, 0.5) is 14.9 Å². The summed E-state index contributed by atoms with van der Waals surface area (Å²) in [6.07, 6.45) is 5.14. The Kier molecular flexibility index (Phi) is 4.94. The second kappa shape index (κ2) is 6.97. The third-order valence-corrected chi connectivity index (χ3v) is 4.58. The second-order valence-corrected chi connectivity index (χ2v) is 7.19. The fraction of sp³-hybridized carbons (Fsp3) is 0.611. The van der Waals surface area contributed by atoms with Gasteiger partial charge in [0.1, 0.15) is 0 Å². The first kappa shape index (κ1) is 17.0. The van der Waals surface area contributed by atoms with Crippen LogP contribution in [0.2, 0.25) is 0 Å². The van der Waals surface area contributed by atoms with Crippen LogP contribution in [-0.4, -0.2) is 30.4 Å². The topological polar surface area (TPSA) is 59.6 Å². The monoisotopic (exact) mass is 336 g/mol. The van der Waals surface area contributed by atoms with Gasteiger partial charge >= 0.3 is 6.03 Å². The summed E-state index contributed by atoms with van der Waals surface area (Å²) in [4.78, 5) is 11.9. The molecule has 2 amide bonds. The molecule has 1 atom stereocenters. The quantitative estimate of drug-likeness (QED) is 0.859. The van der Waals surface area contributed by atoms with Crippen molar-refractivity contribution in [1.29, 1.82) is 0 Å². The Morgan fingerprint density at radius 2 is 2.17 bits per heavy atom. The lowest BCUT2D eigenvalue weighted by Crippen LogP contribution is -2.36. The van der Waals surface area contributed by atoms with E-state index in [2.05, 4.69) is 10.6 Å². The molecule has 3 rings (SSSR count). The van der Waals surface area contributed by atoms with E-state index in [9.17, 15) is 9.18 Å². The number of urea groups is 1. The van der Waals surface area contributed by atoms with Crippen LogP contribution in [0.5, 0.6) is 5.75 Å². The van der Waals surface area contributed by atoms with E-state index in [0.29, 0.717) is 12.2 Å². The third-order valence-electron chi connectivity index (χ3n) is 4.58. The molecule has 1 saturated carbocycles. The first-order chi connectivity index (χ1) is 11.4. The molecule has 0 radical (unpaired) electrons. The predicted molar refractivity (Wildman–Crippen MR) is 89.9 cm³/mol. The minimum absolute atomic E-state index is 0.0285. The van der Waals surface area contributed by atoms with Gasteiger partial charge in [0.05, 0.1) is 17.8 Å². The normalized spacial score (nSPS) is 22.7. The zero-order valence-electron chi connectivity index (χ0n) is 14.2. The number of ether oxygens (including phenoxy) is 2. The lowest BCUT2D eigenvalue weighted by Gasteiger charge is -2.26. The molecule has 1 aromatic carbocycles. The second-order valence-electron chi connectivity index (χ2n) is 7.19. The first-order valence-electron chi connectivity index (χ1n) is 8.60. The Labute approximate surface area is 141 Å². The molecule has 2 fully saturated rings. The largest absolute Gasteiger partial charge is 0.487 e. The maximum atomic E-state index is 14.0. The van der Waals surface area contributed by atoms with E-state index in [-0.39, 0.29) is 29.6 Å². The molecular formula is C18H25FN2O3. The number of carbonyl (C=O) groups is 1. The Morgan fingerprint density at radius 3 is 2.75 bits per heavy atom. The summed E-state index contributed by atoms with van der Waals surface area (Å²) < 4.78 is 25.4. The number of halogens is 1. The molecule has 1 aliphatic heterocycles. The van der Waals surface area contributed by atoms with Gasteiger partial charge in [-0.2, -0.15) is 0 Å². The highest BCUT2D eigenvalue weighted by Gasteiger charge is 2.31. The number of hydrogen-bond acceptors (Lipinski definition) is 3. The molecule has 132 valence electrons. The van der Waals surface area contributed by atoms with Crippen LogP contribution in [0.1, 0.15) is 46.0 Å². The van der Waals surface area contributed by atoms with Crippen molar-refractivity contribution in [2.24, 2.45) is 0 Å². The van der Waals surface area contributed by atoms with E-state index < -0.39 is 5.82 Å². The zero-order valence-corrected chi connectivity index (χ0v) is 14.2. The summed E-state index contributed by atoms with van der Waals surface area (Å²) in [6, 6.07) is 4.12. The van der Waals surface area contributed by atoms with Crippen molar-refractivity contribution >= 4 is 11.7 Å². The van der Waals surface area contributed by atoms with E-state index in [1.165, 1.54) is 6.07 Å². The van der Waals surface area contributed by atoms with Crippen molar-refractivity contribution in [3.8, 4) is 5.75 Å². The minimum Gasteiger partial charge on any atom is -0.487 e. The number of rotatable bonds is 5. The van der Waals surface area contributed by atoms with Gasteiger partial charge in [0.2, 0.25) is 0 Å². The van der Waals surface area contributed by atoms with Crippen LogP contribution in [0, 0.1) is 5.82 Å². The highest BCUT2D eigenvalue weighted by atomic mass is 19.1. The summed E-state index contributed by atoms with van der Waals surface area (Å²) in [5.74, 6) is -0.215. The number of hydrogen-bond donors (Lipinski definition) is 2.